The summed E-state index contributed by atoms with van der Waals surface area (Å²) in [5.41, 5.74) is 6.74. The number of halogens is 2. The van der Waals surface area contributed by atoms with Gasteiger partial charge in [-0.15, -0.1) is 0 Å². The lowest BCUT2D eigenvalue weighted by molar-refractivity contribution is -0.0182. The Morgan fingerprint density at radius 2 is 2.00 bits per heavy atom. The Hall–Kier alpha value is -0.280. The Balaban J connectivity index is 1.96. The Labute approximate surface area is 118 Å². The van der Waals surface area contributed by atoms with Crippen LogP contribution in [0.5, 0.6) is 0 Å². The van der Waals surface area contributed by atoms with Crippen molar-refractivity contribution in [3.8, 4) is 0 Å². The minimum absolute atomic E-state index is 0.263. The molecule has 0 amide bonds. The molecular formula is C14H19Cl2NO. The highest BCUT2D eigenvalue weighted by Crippen LogP contribution is 2.29. The average molecular weight is 288 g/mol. The van der Waals surface area contributed by atoms with E-state index in [4.69, 9.17) is 33.7 Å². The first-order chi connectivity index (χ1) is 8.72. The fourth-order valence-corrected chi connectivity index (χ4v) is 2.89. The molecule has 0 saturated heterocycles. The fraction of sp³-hybridized carbons (Fsp3) is 0.571. The van der Waals surface area contributed by atoms with Gasteiger partial charge in [-0.05, 0) is 36.9 Å². The molecule has 1 fully saturated rings. The topological polar surface area (TPSA) is 35.2 Å². The molecule has 100 valence electrons. The van der Waals surface area contributed by atoms with E-state index in [2.05, 4.69) is 0 Å². The molecule has 1 saturated carbocycles. The van der Waals surface area contributed by atoms with Crippen molar-refractivity contribution in [1.29, 1.82) is 0 Å². The Kier molecular flexibility index (Phi) is 5.31. The summed E-state index contributed by atoms with van der Waals surface area (Å²) < 4.78 is 5.99. The van der Waals surface area contributed by atoms with Crippen molar-refractivity contribution in [3.63, 3.8) is 0 Å². The molecule has 2 unspecified atom stereocenters. The molecule has 4 heteroatoms. The van der Waals surface area contributed by atoms with Crippen LogP contribution >= 0.6 is 23.2 Å². The number of hydrogen-bond donors (Lipinski definition) is 1. The SMILES string of the molecule is NCC1CCCCC1OCc1cccc(Cl)c1Cl. The lowest BCUT2D eigenvalue weighted by atomic mass is 9.86. The minimum atomic E-state index is 0.263. The van der Waals surface area contributed by atoms with Crippen LogP contribution in [0.15, 0.2) is 18.2 Å². The molecule has 1 aliphatic carbocycles. The molecule has 2 atom stereocenters. The van der Waals surface area contributed by atoms with Crippen molar-refractivity contribution in [1.82, 2.24) is 0 Å². The fourth-order valence-electron chi connectivity index (χ4n) is 2.52. The third kappa shape index (κ3) is 3.39. The summed E-state index contributed by atoms with van der Waals surface area (Å²) >= 11 is 12.1. The van der Waals surface area contributed by atoms with Crippen LogP contribution in [-0.4, -0.2) is 12.6 Å². The normalized spacial score (nSPS) is 24.2. The molecule has 0 aliphatic heterocycles. The number of nitrogens with two attached hydrogens (primary N) is 1. The lowest BCUT2D eigenvalue weighted by Gasteiger charge is -2.30. The van der Waals surface area contributed by atoms with Gasteiger partial charge in [-0.1, -0.05) is 48.2 Å². The Morgan fingerprint density at radius 3 is 2.78 bits per heavy atom. The van der Waals surface area contributed by atoms with Crippen molar-refractivity contribution < 1.29 is 4.74 Å². The Morgan fingerprint density at radius 1 is 1.22 bits per heavy atom. The van der Waals surface area contributed by atoms with Gasteiger partial charge in [0.1, 0.15) is 0 Å². The molecular weight excluding hydrogens is 269 g/mol. The van der Waals surface area contributed by atoms with Crippen LogP contribution in [0.2, 0.25) is 10.0 Å². The summed E-state index contributed by atoms with van der Waals surface area (Å²) in [5.74, 6) is 0.483. The summed E-state index contributed by atoms with van der Waals surface area (Å²) in [4.78, 5) is 0. The summed E-state index contributed by atoms with van der Waals surface area (Å²) in [7, 11) is 0. The monoisotopic (exact) mass is 287 g/mol. The molecule has 18 heavy (non-hydrogen) atoms. The third-order valence-electron chi connectivity index (χ3n) is 3.63. The quantitative estimate of drug-likeness (QED) is 0.908. The number of ether oxygens (including phenoxy) is 1. The molecule has 0 bridgehead atoms. The van der Waals surface area contributed by atoms with Crippen molar-refractivity contribution in [2.75, 3.05) is 6.54 Å². The van der Waals surface area contributed by atoms with Gasteiger partial charge in [0.05, 0.1) is 22.8 Å². The van der Waals surface area contributed by atoms with Gasteiger partial charge in [0.25, 0.3) is 0 Å². The predicted molar refractivity (Wildman–Crippen MR) is 76.1 cm³/mol. The zero-order chi connectivity index (χ0) is 13.0. The second-order valence-electron chi connectivity index (χ2n) is 4.84. The maximum Gasteiger partial charge on any atom is 0.0735 e. The average Bonchev–Trinajstić information content (AvgIpc) is 2.41. The van der Waals surface area contributed by atoms with E-state index < -0.39 is 0 Å². The molecule has 0 radical (unpaired) electrons. The van der Waals surface area contributed by atoms with Crippen molar-refractivity contribution >= 4 is 23.2 Å². The van der Waals surface area contributed by atoms with Gasteiger partial charge in [-0.2, -0.15) is 0 Å². The van der Waals surface area contributed by atoms with Crippen LogP contribution in [0.25, 0.3) is 0 Å². The van der Waals surface area contributed by atoms with Gasteiger partial charge in [0, 0.05) is 0 Å². The highest BCUT2D eigenvalue weighted by Gasteiger charge is 2.24. The van der Waals surface area contributed by atoms with E-state index in [0.717, 1.165) is 12.0 Å². The van der Waals surface area contributed by atoms with Gasteiger partial charge < -0.3 is 10.5 Å². The van der Waals surface area contributed by atoms with Crippen molar-refractivity contribution in [2.45, 2.75) is 38.4 Å². The zero-order valence-electron chi connectivity index (χ0n) is 10.4. The van der Waals surface area contributed by atoms with E-state index in [0.29, 0.717) is 29.1 Å². The van der Waals surface area contributed by atoms with Gasteiger partial charge in [0.2, 0.25) is 0 Å². The summed E-state index contributed by atoms with van der Waals surface area (Å²) in [5, 5.41) is 1.18. The zero-order valence-corrected chi connectivity index (χ0v) is 11.9. The smallest absolute Gasteiger partial charge is 0.0735 e. The lowest BCUT2D eigenvalue weighted by Crippen LogP contribution is -2.33. The molecule has 2 N–H and O–H groups in total. The molecule has 0 spiro atoms. The first kappa shape index (κ1) is 14.1. The summed E-state index contributed by atoms with van der Waals surface area (Å²) in [6.07, 6.45) is 5.02. The van der Waals surface area contributed by atoms with Gasteiger partial charge in [-0.25, -0.2) is 0 Å². The predicted octanol–water partition coefficient (Wildman–Crippen LogP) is 4.03. The molecule has 0 heterocycles. The molecule has 1 aromatic carbocycles. The van der Waals surface area contributed by atoms with E-state index in [1.807, 2.05) is 12.1 Å². The van der Waals surface area contributed by atoms with Crippen LogP contribution in [0.3, 0.4) is 0 Å². The molecule has 1 aromatic rings. The first-order valence-corrected chi connectivity index (χ1v) is 7.22. The van der Waals surface area contributed by atoms with Crippen LogP contribution in [0.1, 0.15) is 31.2 Å². The highest BCUT2D eigenvalue weighted by atomic mass is 35.5. The van der Waals surface area contributed by atoms with Gasteiger partial charge in [-0.3, -0.25) is 0 Å². The Bertz CT molecular complexity index is 397. The van der Waals surface area contributed by atoms with E-state index in [1.54, 1.807) is 6.07 Å². The maximum absolute atomic E-state index is 6.14. The second-order valence-corrected chi connectivity index (χ2v) is 5.63. The molecule has 0 aromatic heterocycles. The van der Waals surface area contributed by atoms with Crippen LogP contribution < -0.4 is 5.73 Å². The maximum atomic E-state index is 6.14. The summed E-state index contributed by atoms with van der Waals surface area (Å²) in [6, 6.07) is 5.64. The third-order valence-corrected chi connectivity index (χ3v) is 4.48. The van der Waals surface area contributed by atoms with Gasteiger partial charge >= 0.3 is 0 Å². The molecule has 1 aliphatic rings. The highest BCUT2D eigenvalue weighted by molar-refractivity contribution is 6.42. The van der Waals surface area contributed by atoms with Crippen LogP contribution in [0.4, 0.5) is 0 Å². The molecule has 2 nitrogen and oxygen atoms in total. The van der Waals surface area contributed by atoms with E-state index >= 15 is 0 Å². The number of benzene rings is 1. The van der Waals surface area contributed by atoms with E-state index in [-0.39, 0.29) is 6.10 Å². The molecule has 2 rings (SSSR count). The van der Waals surface area contributed by atoms with Crippen molar-refractivity contribution in [2.24, 2.45) is 11.7 Å². The number of hydrogen-bond acceptors (Lipinski definition) is 2. The first-order valence-electron chi connectivity index (χ1n) is 6.47. The largest absolute Gasteiger partial charge is 0.373 e. The second kappa shape index (κ2) is 6.76. The standard InChI is InChI=1S/C14H19Cl2NO/c15-12-6-3-5-11(14(12)16)9-18-13-7-2-1-4-10(13)8-17/h3,5-6,10,13H,1-2,4,7-9,17H2. The van der Waals surface area contributed by atoms with Crippen LogP contribution in [0, 0.1) is 5.92 Å². The van der Waals surface area contributed by atoms with E-state index in [9.17, 15) is 0 Å². The van der Waals surface area contributed by atoms with Gasteiger partial charge in [0.15, 0.2) is 0 Å². The summed E-state index contributed by atoms with van der Waals surface area (Å²) in [6.45, 7) is 1.22. The van der Waals surface area contributed by atoms with Crippen molar-refractivity contribution in [3.05, 3.63) is 33.8 Å². The van der Waals surface area contributed by atoms with Crippen LogP contribution in [-0.2, 0) is 11.3 Å². The minimum Gasteiger partial charge on any atom is -0.373 e. The number of rotatable bonds is 4. The van der Waals surface area contributed by atoms with E-state index in [1.165, 1.54) is 19.3 Å².